The number of nitrogens with one attached hydrogen (secondary N) is 2. The van der Waals surface area contributed by atoms with Gasteiger partial charge in [0.1, 0.15) is 0 Å². The minimum absolute atomic E-state index is 0.0586. The van der Waals surface area contributed by atoms with Crippen LogP contribution in [0.4, 0.5) is 0 Å². The molecule has 0 aliphatic rings. The van der Waals surface area contributed by atoms with E-state index in [1.807, 2.05) is 13.8 Å². The minimum Gasteiger partial charge on any atom is -0.481 e. The summed E-state index contributed by atoms with van der Waals surface area (Å²) in [6.07, 6.45) is -0.0902. The Morgan fingerprint density at radius 1 is 1.41 bits per heavy atom. The molecular weight excluding hydrogens is 224 g/mol. The normalized spacial score (nSPS) is 16.0. The first-order chi connectivity index (χ1) is 7.76. The lowest BCUT2D eigenvalue weighted by molar-refractivity contribution is -0.142. The topological polar surface area (TPSA) is 98.7 Å². The van der Waals surface area contributed by atoms with E-state index in [1.165, 1.54) is 6.92 Å². The van der Waals surface area contributed by atoms with Gasteiger partial charge in [-0.05, 0) is 20.4 Å². The number of hydrogen-bond acceptors (Lipinski definition) is 4. The fraction of sp³-hybridized carbons (Fsp3) is 0.818. The molecule has 17 heavy (non-hydrogen) atoms. The maximum absolute atomic E-state index is 11.5. The number of carbonyl (C=O) groups excluding carboxylic acids is 1. The highest BCUT2D eigenvalue weighted by molar-refractivity contribution is 5.76. The Hall–Kier alpha value is -1.14. The van der Waals surface area contributed by atoms with Crippen LogP contribution in [0.2, 0.25) is 0 Å². The Labute approximate surface area is 101 Å². The Kier molecular flexibility index (Phi) is 6.75. The third-order valence-electron chi connectivity index (χ3n) is 2.24. The van der Waals surface area contributed by atoms with Crippen LogP contribution in [0.3, 0.4) is 0 Å². The molecule has 0 aromatic heterocycles. The van der Waals surface area contributed by atoms with Gasteiger partial charge in [0.05, 0.1) is 12.0 Å². The highest BCUT2D eigenvalue weighted by Gasteiger charge is 2.24. The van der Waals surface area contributed by atoms with E-state index in [-0.39, 0.29) is 18.5 Å². The summed E-state index contributed by atoms with van der Waals surface area (Å²) in [5.41, 5.74) is -1.41. The van der Waals surface area contributed by atoms with E-state index >= 15 is 0 Å². The molecule has 0 spiro atoms. The number of carboxylic acids is 1. The Morgan fingerprint density at radius 2 is 2.00 bits per heavy atom. The standard InChI is InChI=1S/C11H22N2O4/c1-4-12-8(2)5-9(14)13-7-11(3,17)6-10(15)16/h8,12,17H,4-7H2,1-3H3,(H,13,14)(H,15,16). The summed E-state index contributed by atoms with van der Waals surface area (Å²) in [4.78, 5) is 21.9. The molecule has 6 heteroatoms. The number of hydrogen-bond donors (Lipinski definition) is 4. The lowest BCUT2D eigenvalue weighted by Gasteiger charge is -2.22. The highest BCUT2D eigenvalue weighted by Crippen LogP contribution is 2.07. The first kappa shape index (κ1) is 15.9. The van der Waals surface area contributed by atoms with Gasteiger partial charge in [-0.3, -0.25) is 9.59 Å². The maximum atomic E-state index is 11.5. The molecule has 0 aromatic carbocycles. The Morgan fingerprint density at radius 3 is 2.47 bits per heavy atom. The second-order valence-corrected chi connectivity index (χ2v) is 4.51. The van der Waals surface area contributed by atoms with Gasteiger partial charge >= 0.3 is 5.97 Å². The van der Waals surface area contributed by atoms with Crippen molar-refractivity contribution < 1.29 is 19.8 Å². The van der Waals surface area contributed by atoms with Crippen LogP contribution in [-0.2, 0) is 9.59 Å². The zero-order chi connectivity index (χ0) is 13.5. The number of amides is 1. The van der Waals surface area contributed by atoms with Crippen LogP contribution in [0.5, 0.6) is 0 Å². The molecule has 0 rings (SSSR count). The molecule has 0 radical (unpaired) electrons. The molecule has 0 saturated heterocycles. The fourth-order valence-electron chi connectivity index (χ4n) is 1.45. The summed E-state index contributed by atoms with van der Waals surface area (Å²) in [6, 6.07) is 0.0597. The molecule has 6 nitrogen and oxygen atoms in total. The first-order valence-electron chi connectivity index (χ1n) is 5.71. The van der Waals surface area contributed by atoms with Gasteiger partial charge in [-0.2, -0.15) is 0 Å². The Balaban J connectivity index is 3.94. The summed E-state index contributed by atoms with van der Waals surface area (Å²) in [6.45, 7) is 5.95. The zero-order valence-corrected chi connectivity index (χ0v) is 10.6. The smallest absolute Gasteiger partial charge is 0.306 e. The molecule has 0 heterocycles. The lowest BCUT2D eigenvalue weighted by atomic mass is 10.0. The molecule has 0 bridgehead atoms. The van der Waals surface area contributed by atoms with Crippen LogP contribution in [0, 0.1) is 0 Å². The summed E-state index contributed by atoms with van der Waals surface area (Å²) in [5.74, 6) is -1.30. The van der Waals surface area contributed by atoms with Crippen LogP contribution in [0.15, 0.2) is 0 Å². The lowest BCUT2D eigenvalue weighted by Crippen LogP contribution is -2.43. The van der Waals surface area contributed by atoms with Crippen LogP contribution < -0.4 is 10.6 Å². The molecule has 0 aliphatic heterocycles. The summed E-state index contributed by atoms with van der Waals surface area (Å²) in [5, 5.41) is 23.8. The van der Waals surface area contributed by atoms with E-state index in [2.05, 4.69) is 10.6 Å². The van der Waals surface area contributed by atoms with Crippen molar-refractivity contribution >= 4 is 11.9 Å². The largest absolute Gasteiger partial charge is 0.481 e. The molecule has 0 aromatic rings. The average Bonchev–Trinajstić information content (AvgIpc) is 2.13. The van der Waals surface area contributed by atoms with Crippen molar-refractivity contribution in [2.24, 2.45) is 0 Å². The molecular formula is C11H22N2O4. The maximum Gasteiger partial charge on any atom is 0.306 e. The summed E-state index contributed by atoms with van der Waals surface area (Å²) >= 11 is 0. The summed E-state index contributed by atoms with van der Waals surface area (Å²) in [7, 11) is 0. The third-order valence-corrected chi connectivity index (χ3v) is 2.24. The monoisotopic (exact) mass is 246 g/mol. The van der Waals surface area contributed by atoms with E-state index in [9.17, 15) is 14.7 Å². The fourth-order valence-corrected chi connectivity index (χ4v) is 1.45. The van der Waals surface area contributed by atoms with E-state index in [0.717, 1.165) is 6.54 Å². The van der Waals surface area contributed by atoms with E-state index < -0.39 is 18.0 Å². The minimum atomic E-state index is -1.41. The van der Waals surface area contributed by atoms with Crippen molar-refractivity contribution in [3.8, 4) is 0 Å². The molecule has 1 amide bonds. The Bertz CT molecular complexity index is 266. The third kappa shape index (κ3) is 8.65. The first-order valence-corrected chi connectivity index (χ1v) is 5.71. The SMILES string of the molecule is CCNC(C)CC(=O)NCC(C)(O)CC(=O)O. The van der Waals surface area contributed by atoms with Crippen LogP contribution in [0.1, 0.15) is 33.6 Å². The number of aliphatic hydroxyl groups is 1. The molecule has 2 atom stereocenters. The quantitative estimate of drug-likeness (QED) is 0.472. The average molecular weight is 246 g/mol. The van der Waals surface area contributed by atoms with Crippen LogP contribution in [0.25, 0.3) is 0 Å². The van der Waals surface area contributed by atoms with Crippen molar-refractivity contribution in [3.05, 3.63) is 0 Å². The van der Waals surface area contributed by atoms with Gasteiger partial charge in [-0.15, -0.1) is 0 Å². The predicted molar refractivity (Wildman–Crippen MR) is 63.6 cm³/mol. The molecule has 0 saturated carbocycles. The van der Waals surface area contributed by atoms with Crippen LogP contribution >= 0.6 is 0 Å². The number of carbonyl (C=O) groups is 2. The van der Waals surface area contributed by atoms with Gasteiger partial charge in [0.15, 0.2) is 0 Å². The van der Waals surface area contributed by atoms with Crippen LogP contribution in [-0.4, -0.2) is 46.8 Å². The van der Waals surface area contributed by atoms with Gasteiger partial charge in [-0.1, -0.05) is 6.92 Å². The number of carboxylic acid groups (broad SMARTS) is 1. The molecule has 0 fully saturated rings. The summed E-state index contributed by atoms with van der Waals surface area (Å²) < 4.78 is 0. The molecule has 2 unspecified atom stereocenters. The zero-order valence-electron chi connectivity index (χ0n) is 10.6. The van der Waals surface area contributed by atoms with E-state index in [0.29, 0.717) is 6.42 Å². The number of aliphatic carboxylic acids is 1. The van der Waals surface area contributed by atoms with Crippen molar-refractivity contribution in [1.29, 1.82) is 0 Å². The predicted octanol–water partition coefficient (Wildman–Crippen LogP) is -0.284. The number of rotatable bonds is 8. The van der Waals surface area contributed by atoms with Gasteiger partial charge < -0.3 is 20.8 Å². The molecule has 4 N–H and O–H groups in total. The highest BCUT2D eigenvalue weighted by atomic mass is 16.4. The van der Waals surface area contributed by atoms with Crippen molar-refractivity contribution in [3.63, 3.8) is 0 Å². The van der Waals surface area contributed by atoms with Crippen molar-refractivity contribution in [2.45, 2.75) is 45.3 Å². The van der Waals surface area contributed by atoms with Gasteiger partial charge in [0.25, 0.3) is 0 Å². The van der Waals surface area contributed by atoms with Crippen molar-refractivity contribution in [2.75, 3.05) is 13.1 Å². The second-order valence-electron chi connectivity index (χ2n) is 4.51. The second kappa shape index (κ2) is 7.24. The molecule has 0 aliphatic carbocycles. The van der Waals surface area contributed by atoms with Gasteiger partial charge in [0, 0.05) is 19.0 Å². The van der Waals surface area contributed by atoms with Crippen molar-refractivity contribution in [1.82, 2.24) is 10.6 Å². The van der Waals surface area contributed by atoms with Gasteiger partial charge in [0.2, 0.25) is 5.91 Å². The van der Waals surface area contributed by atoms with E-state index in [4.69, 9.17) is 5.11 Å². The van der Waals surface area contributed by atoms with E-state index in [1.54, 1.807) is 0 Å². The molecule has 100 valence electrons. The van der Waals surface area contributed by atoms with Gasteiger partial charge in [-0.25, -0.2) is 0 Å².